The van der Waals surface area contributed by atoms with Gasteiger partial charge in [-0.15, -0.1) is 0 Å². The molecule has 1 amide bonds. The maximum atomic E-state index is 15.4. The van der Waals surface area contributed by atoms with E-state index < -0.39 is 11.2 Å². The molecule has 0 bridgehead atoms. The van der Waals surface area contributed by atoms with Crippen molar-refractivity contribution in [2.24, 2.45) is 17.3 Å². The van der Waals surface area contributed by atoms with E-state index in [0.29, 0.717) is 51.8 Å². The molecule has 242 valence electrons. The van der Waals surface area contributed by atoms with Gasteiger partial charge in [-0.25, -0.2) is 8.78 Å². The van der Waals surface area contributed by atoms with Gasteiger partial charge in [0.2, 0.25) is 5.91 Å². The first-order valence-corrected chi connectivity index (χ1v) is 15.4. The molecule has 3 aromatic carbocycles. The fourth-order valence-corrected chi connectivity index (χ4v) is 6.02. The van der Waals surface area contributed by atoms with Gasteiger partial charge in [-0.1, -0.05) is 34.3 Å². The number of pyridine rings is 1. The van der Waals surface area contributed by atoms with Crippen LogP contribution in [0.4, 0.5) is 20.2 Å². The van der Waals surface area contributed by atoms with Gasteiger partial charge in [0.25, 0.3) is 0 Å². The zero-order chi connectivity index (χ0) is 33.0. The average molecular weight is 631 g/mol. The monoisotopic (exact) mass is 630 g/mol. The molecule has 0 saturated heterocycles. The number of rotatable bonds is 14. The van der Waals surface area contributed by atoms with Gasteiger partial charge in [-0.2, -0.15) is 0 Å². The minimum Gasteiger partial charge on any atom is -0.493 e. The molecule has 1 aliphatic rings. The Bertz CT molecular complexity index is 1720. The number of carbonyl (C=O) groups is 1. The number of aromatic nitrogens is 1. The average Bonchev–Trinajstić information content (AvgIpc) is 3.61. The molecule has 1 heterocycles. The predicted octanol–water partition coefficient (Wildman–Crippen LogP) is 7.87. The summed E-state index contributed by atoms with van der Waals surface area (Å²) in [7, 11) is 1.56. The summed E-state index contributed by atoms with van der Waals surface area (Å²) in [6, 6.07) is 15.3. The number of nitrogens with zero attached hydrogens (tertiary/aromatic N) is 2. The summed E-state index contributed by atoms with van der Waals surface area (Å²) in [5, 5.41) is 6.64. The van der Waals surface area contributed by atoms with Gasteiger partial charge < -0.3 is 29.7 Å². The van der Waals surface area contributed by atoms with E-state index in [1.807, 2.05) is 13.8 Å². The number of benzene rings is 3. The standard InChI is InChI=1S/C36H40F2N4O4/c1-7-42(8-2)17-18-45-34-21-30-28(20-33(34)44-6)31(15-16-39-30)46-32-14-13-27(19-29(32)38)40-24(5)36(22(3)23(36)4)35(43)41-26-11-9-25(37)10-12-26/h9-16,19-23,40H,5,7-8,17-18H2,1-4,6H3,(H,41,43)/t22-,23-/m1/s1. The maximum absolute atomic E-state index is 15.4. The van der Waals surface area contributed by atoms with Gasteiger partial charge in [0, 0.05) is 47.3 Å². The Morgan fingerprint density at radius 2 is 1.61 bits per heavy atom. The van der Waals surface area contributed by atoms with E-state index in [1.54, 1.807) is 37.6 Å². The summed E-state index contributed by atoms with van der Waals surface area (Å²) in [5.74, 6) is 0.233. The number of hydrogen-bond donors (Lipinski definition) is 2. The third kappa shape index (κ3) is 6.48. The van der Waals surface area contributed by atoms with Crippen molar-refractivity contribution in [3.8, 4) is 23.0 Å². The topological polar surface area (TPSA) is 84.9 Å². The number of ether oxygens (including phenoxy) is 3. The highest BCUT2D eigenvalue weighted by molar-refractivity contribution is 6.00. The van der Waals surface area contributed by atoms with Crippen molar-refractivity contribution in [1.82, 2.24) is 9.88 Å². The third-order valence-electron chi connectivity index (χ3n) is 9.05. The van der Waals surface area contributed by atoms with Crippen LogP contribution < -0.4 is 24.8 Å². The van der Waals surface area contributed by atoms with Crippen molar-refractivity contribution in [3.63, 3.8) is 0 Å². The minimum atomic E-state index is -0.914. The highest BCUT2D eigenvalue weighted by atomic mass is 19.1. The minimum absolute atomic E-state index is 0.00865. The van der Waals surface area contributed by atoms with Gasteiger partial charge in [0.1, 0.15) is 18.2 Å². The lowest BCUT2D eigenvalue weighted by molar-refractivity contribution is -0.120. The van der Waals surface area contributed by atoms with Crippen molar-refractivity contribution in [2.75, 3.05) is 44.0 Å². The van der Waals surface area contributed by atoms with Crippen LogP contribution in [0.15, 0.2) is 79.1 Å². The van der Waals surface area contributed by atoms with Gasteiger partial charge >= 0.3 is 0 Å². The lowest BCUT2D eigenvalue weighted by Crippen LogP contribution is -2.31. The Hall–Kier alpha value is -4.70. The summed E-state index contributed by atoms with van der Waals surface area (Å²) in [5.41, 5.74) is 1.05. The molecule has 46 heavy (non-hydrogen) atoms. The van der Waals surface area contributed by atoms with Crippen molar-refractivity contribution < 1.29 is 27.8 Å². The lowest BCUT2D eigenvalue weighted by Gasteiger charge is -2.22. The number of amides is 1. The molecule has 8 nitrogen and oxygen atoms in total. The maximum Gasteiger partial charge on any atom is 0.237 e. The summed E-state index contributed by atoms with van der Waals surface area (Å²) in [6.45, 7) is 15.5. The van der Waals surface area contributed by atoms with E-state index >= 15 is 4.39 Å². The lowest BCUT2D eigenvalue weighted by atomic mass is 9.96. The Kier molecular flexibility index (Phi) is 9.76. The fraction of sp³-hybridized carbons (Fsp3) is 0.333. The molecule has 2 atom stereocenters. The summed E-state index contributed by atoms with van der Waals surface area (Å²) in [4.78, 5) is 20.1. The fourth-order valence-electron chi connectivity index (χ4n) is 6.02. The van der Waals surface area contributed by atoms with E-state index in [2.05, 4.69) is 40.9 Å². The van der Waals surface area contributed by atoms with Crippen molar-refractivity contribution >= 4 is 28.2 Å². The predicted molar refractivity (Wildman–Crippen MR) is 177 cm³/mol. The first kappa shape index (κ1) is 32.7. The number of hydrogen-bond acceptors (Lipinski definition) is 7. The number of nitrogens with one attached hydrogen (secondary N) is 2. The number of anilines is 2. The Balaban J connectivity index is 1.30. The second-order valence-electron chi connectivity index (χ2n) is 11.5. The van der Waals surface area contributed by atoms with E-state index in [0.717, 1.165) is 19.6 Å². The van der Waals surface area contributed by atoms with Crippen LogP contribution in [-0.4, -0.2) is 49.1 Å². The van der Waals surface area contributed by atoms with Crippen LogP contribution in [-0.2, 0) is 4.79 Å². The highest BCUT2D eigenvalue weighted by Gasteiger charge is 2.66. The van der Waals surface area contributed by atoms with Gasteiger partial charge in [0.15, 0.2) is 23.1 Å². The number of halogens is 2. The molecule has 5 rings (SSSR count). The van der Waals surface area contributed by atoms with Gasteiger partial charge in [-0.05, 0) is 73.5 Å². The zero-order valence-electron chi connectivity index (χ0n) is 26.8. The molecular formula is C36H40F2N4O4. The molecule has 10 heteroatoms. The summed E-state index contributed by atoms with van der Waals surface area (Å²) < 4.78 is 46.4. The number of carbonyl (C=O) groups excluding carboxylic acids is 1. The largest absolute Gasteiger partial charge is 0.493 e. The van der Waals surface area contributed by atoms with Crippen LogP contribution in [0.1, 0.15) is 27.7 Å². The molecule has 1 aromatic heterocycles. The van der Waals surface area contributed by atoms with Crippen molar-refractivity contribution in [1.29, 1.82) is 0 Å². The van der Waals surface area contributed by atoms with Crippen LogP contribution in [0, 0.1) is 28.9 Å². The molecule has 2 N–H and O–H groups in total. The SMILES string of the molecule is C=C(Nc1ccc(Oc2ccnc3cc(OCCN(CC)CC)c(OC)cc23)c(F)c1)C1(C(=O)Nc2ccc(F)cc2)[C@H](C)[C@H]1C. The van der Waals surface area contributed by atoms with Crippen LogP contribution in [0.5, 0.6) is 23.0 Å². The molecule has 0 radical (unpaired) electrons. The van der Waals surface area contributed by atoms with E-state index in [4.69, 9.17) is 14.2 Å². The normalized spacial score (nSPS) is 18.7. The van der Waals surface area contributed by atoms with E-state index in [9.17, 15) is 9.18 Å². The second-order valence-corrected chi connectivity index (χ2v) is 11.5. The van der Waals surface area contributed by atoms with Crippen LogP contribution >= 0.6 is 0 Å². The summed E-state index contributed by atoms with van der Waals surface area (Å²) in [6.07, 6.45) is 1.59. The molecule has 0 unspecified atom stereocenters. The number of methoxy groups -OCH3 is 1. The smallest absolute Gasteiger partial charge is 0.237 e. The van der Waals surface area contributed by atoms with Crippen molar-refractivity contribution in [3.05, 3.63) is 90.8 Å². The first-order chi connectivity index (χ1) is 22.1. The molecule has 0 spiro atoms. The zero-order valence-corrected chi connectivity index (χ0v) is 26.8. The Morgan fingerprint density at radius 3 is 2.24 bits per heavy atom. The Labute approximate surface area is 268 Å². The van der Waals surface area contributed by atoms with E-state index in [1.165, 1.54) is 36.4 Å². The molecule has 0 aliphatic heterocycles. The van der Waals surface area contributed by atoms with Gasteiger partial charge in [0.05, 0.1) is 18.0 Å². The number of fused-ring (bicyclic) bond motifs is 1. The van der Waals surface area contributed by atoms with Crippen LogP contribution in [0.3, 0.4) is 0 Å². The highest BCUT2D eigenvalue weighted by Crippen LogP contribution is 2.63. The molecule has 1 aliphatic carbocycles. The molecule has 4 aromatic rings. The molecule has 1 fully saturated rings. The van der Waals surface area contributed by atoms with Gasteiger partial charge in [-0.3, -0.25) is 9.78 Å². The molecular weight excluding hydrogens is 590 g/mol. The molecule has 1 saturated carbocycles. The van der Waals surface area contributed by atoms with Crippen molar-refractivity contribution in [2.45, 2.75) is 27.7 Å². The first-order valence-electron chi connectivity index (χ1n) is 15.4. The quantitative estimate of drug-likeness (QED) is 0.147. The summed E-state index contributed by atoms with van der Waals surface area (Å²) >= 11 is 0. The number of likely N-dealkylation sites (N-methyl/N-ethyl adjacent to an activating group) is 1. The second kappa shape index (κ2) is 13.7. The van der Waals surface area contributed by atoms with Crippen LogP contribution in [0.25, 0.3) is 10.9 Å². The third-order valence-corrected chi connectivity index (χ3v) is 9.05. The van der Waals surface area contributed by atoms with E-state index in [-0.39, 0.29) is 29.3 Å². The van der Waals surface area contributed by atoms with Crippen LogP contribution in [0.2, 0.25) is 0 Å². The Morgan fingerprint density at radius 1 is 0.913 bits per heavy atom.